The quantitative estimate of drug-likeness (QED) is 0.179. The van der Waals surface area contributed by atoms with E-state index < -0.39 is 16.9 Å². The molecule has 2 aliphatic heterocycles. The van der Waals surface area contributed by atoms with Gasteiger partial charge < -0.3 is 9.64 Å². The summed E-state index contributed by atoms with van der Waals surface area (Å²) < 4.78 is 7.41. The van der Waals surface area contributed by atoms with Gasteiger partial charge in [-0.05, 0) is 43.4 Å². The second kappa shape index (κ2) is 11.3. The summed E-state index contributed by atoms with van der Waals surface area (Å²) in [6, 6.07) is 17.2. The van der Waals surface area contributed by atoms with E-state index in [2.05, 4.69) is 4.90 Å². The number of benzene rings is 2. The lowest BCUT2D eigenvalue weighted by Crippen LogP contribution is -2.39. The van der Waals surface area contributed by atoms with Crippen LogP contribution in [0.25, 0.3) is 11.8 Å². The minimum absolute atomic E-state index is 0.0422. The first-order valence-corrected chi connectivity index (χ1v) is 15.0. The summed E-state index contributed by atoms with van der Waals surface area (Å²) >= 11 is 2.65. The molecule has 0 spiro atoms. The standard InChI is InChI=1S/C30H26N4O5S2/c1-2-39-29(36)25-26(19-9-4-3-5-10-19)31-30-33(27(25)23-11-8-16-40-23)28(35)24(41-30)18-20-17-21(34(37)38)12-13-22(20)32-14-6-7-15-32/h3-5,8-13,16-18,27H,2,6-7,14-15H2,1H3. The van der Waals surface area contributed by atoms with Crippen molar-refractivity contribution in [3.63, 3.8) is 0 Å². The van der Waals surface area contributed by atoms with Crippen LogP contribution in [0, 0.1) is 10.1 Å². The van der Waals surface area contributed by atoms with E-state index in [1.807, 2.05) is 47.8 Å². The summed E-state index contributed by atoms with van der Waals surface area (Å²) in [6.07, 6.45) is 3.79. The molecule has 0 aliphatic carbocycles. The van der Waals surface area contributed by atoms with Gasteiger partial charge in [-0.3, -0.25) is 19.5 Å². The lowest BCUT2D eigenvalue weighted by Gasteiger charge is -2.24. The number of ether oxygens (including phenoxy) is 1. The highest BCUT2D eigenvalue weighted by molar-refractivity contribution is 7.10. The third-order valence-corrected chi connectivity index (χ3v) is 9.05. The van der Waals surface area contributed by atoms with Crippen LogP contribution in [0.1, 0.15) is 41.8 Å². The molecule has 4 heterocycles. The Morgan fingerprint density at radius 1 is 1.15 bits per heavy atom. The van der Waals surface area contributed by atoms with Crippen molar-refractivity contribution in [3.05, 3.63) is 117 Å². The first-order chi connectivity index (χ1) is 20.0. The summed E-state index contributed by atoms with van der Waals surface area (Å²) in [7, 11) is 0. The molecule has 4 aromatic rings. The van der Waals surface area contributed by atoms with E-state index in [0.717, 1.165) is 42.1 Å². The SMILES string of the molecule is CCOC(=O)C1=C(c2ccccc2)N=c2sc(=Cc3cc([N+](=O)[O-])ccc3N3CCCC3)c(=O)n2C1c1cccs1. The van der Waals surface area contributed by atoms with E-state index in [1.54, 1.807) is 23.6 Å². The lowest BCUT2D eigenvalue weighted by atomic mass is 9.97. The maximum atomic E-state index is 14.1. The number of nitrogens with zero attached hydrogens (tertiary/aromatic N) is 4. The molecule has 6 rings (SSSR count). The molecule has 2 aromatic heterocycles. The number of hydrogen-bond acceptors (Lipinski definition) is 9. The Hall–Kier alpha value is -4.35. The first kappa shape index (κ1) is 26.9. The number of thiophene rings is 1. The van der Waals surface area contributed by atoms with Gasteiger partial charge in [-0.2, -0.15) is 0 Å². The second-order valence-electron chi connectivity index (χ2n) is 9.64. The Morgan fingerprint density at radius 3 is 2.61 bits per heavy atom. The van der Waals surface area contributed by atoms with E-state index in [0.29, 0.717) is 26.2 Å². The van der Waals surface area contributed by atoms with Gasteiger partial charge >= 0.3 is 5.97 Å². The van der Waals surface area contributed by atoms with Gasteiger partial charge in [0.05, 0.1) is 27.3 Å². The van der Waals surface area contributed by atoms with Crippen molar-refractivity contribution in [2.75, 3.05) is 24.6 Å². The Bertz CT molecular complexity index is 1840. The summed E-state index contributed by atoms with van der Waals surface area (Å²) in [4.78, 5) is 47.1. The number of thiazole rings is 1. The van der Waals surface area contributed by atoms with Crippen LogP contribution >= 0.6 is 22.7 Å². The fraction of sp³-hybridized carbons (Fsp3) is 0.233. The van der Waals surface area contributed by atoms with Crippen LogP contribution in [-0.4, -0.2) is 35.2 Å². The highest BCUT2D eigenvalue weighted by atomic mass is 32.1. The number of aromatic nitrogens is 1. The molecule has 1 saturated heterocycles. The molecule has 2 aliphatic rings. The minimum atomic E-state index is -0.731. The van der Waals surface area contributed by atoms with Crippen LogP contribution in [0.4, 0.5) is 11.4 Å². The number of carbonyl (C=O) groups excluding carboxylic acids is 1. The molecular formula is C30H26N4O5S2. The molecule has 41 heavy (non-hydrogen) atoms. The Labute approximate surface area is 243 Å². The fourth-order valence-electron chi connectivity index (χ4n) is 5.31. The number of nitro benzene ring substituents is 1. The number of anilines is 1. The van der Waals surface area contributed by atoms with Crippen molar-refractivity contribution in [3.8, 4) is 0 Å². The maximum Gasteiger partial charge on any atom is 0.338 e. The van der Waals surface area contributed by atoms with Gasteiger partial charge in [0.25, 0.3) is 11.2 Å². The summed E-state index contributed by atoms with van der Waals surface area (Å²) in [5.74, 6) is -0.530. The maximum absolute atomic E-state index is 14.1. The van der Waals surface area contributed by atoms with Gasteiger partial charge in [0, 0.05) is 46.9 Å². The number of hydrogen-bond donors (Lipinski definition) is 0. The molecule has 1 fully saturated rings. The molecule has 0 amide bonds. The van der Waals surface area contributed by atoms with Gasteiger partial charge in [-0.25, -0.2) is 9.79 Å². The van der Waals surface area contributed by atoms with E-state index in [-0.39, 0.29) is 17.9 Å². The van der Waals surface area contributed by atoms with E-state index in [9.17, 15) is 19.7 Å². The predicted octanol–water partition coefficient (Wildman–Crippen LogP) is 4.51. The molecule has 0 bridgehead atoms. The van der Waals surface area contributed by atoms with Crippen LogP contribution in [-0.2, 0) is 9.53 Å². The second-order valence-corrected chi connectivity index (χ2v) is 11.6. The average Bonchev–Trinajstić information content (AvgIpc) is 3.76. The third-order valence-electron chi connectivity index (χ3n) is 7.14. The number of nitro groups is 1. The normalized spacial score (nSPS) is 17.0. The van der Waals surface area contributed by atoms with Gasteiger partial charge in [0.1, 0.15) is 6.04 Å². The number of non-ortho nitro benzene ring substituents is 1. The van der Waals surface area contributed by atoms with E-state index in [1.165, 1.54) is 34.8 Å². The number of rotatable bonds is 7. The molecular weight excluding hydrogens is 560 g/mol. The predicted molar refractivity (Wildman–Crippen MR) is 160 cm³/mol. The van der Waals surface area contributed by atoms with Crippen LogP contribution < -0.4 is 19.8 Å². The van der Waals surface area contributed by atoms with Crippen LogP contribution in [0.3, 0.4) is 0 Å². The molecule has 1 atom stereocenters. The molecule has 2 aromatic carbocycles. The van der Waals surface area contributed by atoms with Gasteiger partial charge in [-0.1, -0.05) is 47.7 Å². The first-order valence-electron chi connectivity index (χ1n) is 13.3. The van der Waals surface area contributed by atoms with Gasteiger partial charge in [0.15, 0.2) is 4.80 Å². The number of esters is 1. The van der Waals surface area contributed by atoms with E-state index >= 15 is 0 Å². The van der Waals surface area contributed by atoms with Crippen LogP contribution in [0.5, 0.6) is 0 Å². The van der Waals surface area contributed by atoms with Crippen LogP contribution in [0.2, 0.25) is 0 Å². The molecule has 0 N–H and O–H groups in total. The Morgan fingerprint density at radius 2 is 1.93 bits per heavy atom. The highest BCUT2D eigenvalue weighted by Gasteiger charge is 2.35. The Balaban J connectivity index is 1.61. The van der Waals surface area contributed by atoms with Crippen molar-refractivity contribution >= 4 is 51.8 Å². The number of carbonyl (C=O) groups is 1. The fourth-order valence-corrected chi connectivity index (χ4v) is 7.13. The molecule has 1 unspecified atom stereocenters. The Kier molecular flexibility index (Phi) is 7.38. The van der Waals surface area contributed by atoms with Crippen molar-refractivity contribution in [2.45, 2.75) is 25.8 Å². The van der Waals surface area contributed by atoms with Crippen molar-refractivity contribution in [1.29, 1.82) is 0 Å². The molecule has 9 nitrogen and oxygen atoms in total. The third kappa shape index (κ3) is 5.02. The van der Waals surface area contributed by atoms with Crippen molar-refractivity contribution in [2.24, 2.45) is 4.99 Å². The molecule has 0 saturated carbocycles. The molecule has 0 radical (unpaired) electrons. The van der Waals surface area contributed by atoms with E-state index in [4.69, 9.17) is 9.73 Å². The smallest absolute Gasteiger partial charge is 0.338 e. The summed E-state index contributed by atoms with van der Waals surface area (Å²) in [5, 5.41) is 13.5. The highest BCUT2D eigenvalue weighted by Crippen LogP contribution is 2.37. The zero-order valence-corrected chi connectivity index (χ0v) is 23.8. The minimum Gasteiger partial charge on any atom is -0.463 e. The topological polar surface area (TPSA) is 107 Å². The summed E-state index contributed by atoms with van der Waals surface area (Å²) in [5.41, 5.74) is 2.60. The molecule has 11 heteroatoms. The monoisotopic (exact) mass is 586 g/mol. The zero-order chi connectivity index (χ0) is 28.5. The molecule has 208 valence electrons. The van der Waals surface area contributed by atoms with Crippen molar-refractivity contribution in [1.82, 2.24) is 4.57 Å². The zero-order valence-electron chi connectivity index (χ0n) is 22.2. The number of fused-ring (bicyclic) bond motifs is 1. The lowest BCUT2D eigenvalue weighted by molar-refractivity contribution is -0.384. The van der Waals surface area contributed by atoms with Gasteiger partial charge in [-0.15, -0.1) is 11.3 Å². The summed E-state index contributed by atoms with van der Waals surface area (Å²) in [6.45, 7) is 3.62. The average molecular weight is 587 g/mol. The largest absolute Gasteiger partial charge is 0.463 e. The van der Waals surface area contributed by atoms with Gasteiger partial charge in [0.2, 0.25) is 0 Å². The van der Waals surface area contributed by atoms with Crippen molar-refractivity contribution < 1.29 is 14.5 Å². The van der Waals surface area contributed by atoms with Crippen LogP contribution in [0.15, 0.2) is 81.4 Å².